The van der Waals surface area contributed by atoms with Crippen LogP contribution in [0.4, 0.5) is 0 Å². The largest absolute Gasteiger partial charge is 0.507 e. The Balaban J connectivity index is 1.76. The second kappa shape index (κ2) is 7.19. The molecule has 0 bridgehead atoms. The maximum Gasteiger partial charge on any atom is 0.273 e. The fraction of sp³-hybridized carbons (Fsp3) is 0.118. The van der Waals surface area contributed by atoms with Gasteiger partial charge in [-0.1, -0.05) is 11.6 Å². The molecule has 3 aromatic rings. The summed E-state index contributed by atoms with van der Waals surface area (Å²) >= 11 is 7.28. The van der Waals surface area contributed by atoms with Gasteiger partial charge < -0.3 is 5.11 Å². The number of phenolic OH excluding ortho intramolecular Hbond substituents is 1. The second-order valence-electron chi connectivity index (χ2n) is 5.50. The molecule has 3 rings (SSSR count). The van der Waals surface area contributed by atoms with E-state index in [4.69, 9.17) is 11.6 Å². The Morgan fingerprint density at radius 3 is 2.50 bits per heavy atom. The Kier molecular flexibility index (Phi) is 4.97. The van der Waals surface area contributed by atoms with Gasteiger partial charge >= 0.3 is 0 Å². The number of carbonyl (C=O) groups excluding carboxylic acids is 2. The lowest BCUT2D eigenvalue weighted by atomic mass is 10.2. The van der Waals surface area contributed by atoms with Gasteiger partial charge in [0.15, 0.2) is 5.13 Å². The van der Waals surface area contributed by atoms with Crippen LogP contribution in [0.2, 0.25) is 5.02 Å². The van der Waals surface area contributed by atoms with Crippen LogP contribution < -0.4 is 10.9 Å². The van der Waals surface area contributed by atoms with E-state index in [-0.39, 0.29) is 11.3 Å². The van der Waals surface area contributed by atoms with Crippen LogP contribution in [0, 0.1) is 13.8 Å². The summed E-state index contributed by atoms with van der Waals surface area (Å²) in [5, 5.41) is 12.6. The number of thiazole rings is 1. The molecule has 0 aliphatic carbocycles. The number of nitrogens with zero attached hydrogens (tertiary/aromatic N) is 2. The molecule has 0 atom stereocenters. The summed E-state index contributed by atoms with van der Waals surface area (Å²) in [6.45, 7) is 3.67. The summed E-state index contributed by atoms with van der Waals surface area (Å²) in [6, 6.07) is 5.79. The number of carbonyl (C=O) groups is 2. The Labute approximate surface area is 158 Å². The Morgan fingerprint density at radius 2 is 1.85 bits per heavy atom. The van der Waals surface area contributed by atoms with E-state index in [9.17, 15) is 14.7 Å². The molecule has 0 unspecified atom stereocenters. The molecule has 3 N–H and O–H groups in total. The number of amides is 2. The first-order valence-electron chi connectivity index (χ1n) is 7.56. The van der Waals surface area contributed by atoms with Crippen LogP contribution in [-0.2, 0) is 0 Å². The highest BCUT2D eigenvalue weighted by Gasteiger charge is 2.19. The number of rotatable bonds is 3. The minimum atomic E-state index is -0.674. The first kappa shape index (κ1) is 18.0. The van der Waals surface area contributed by atoms with Crippen molar-refractivity contribution < 1.29 is 14.7 Å². The van der Waals surface area contributed by atoms with E-state index < -0.39 is 11.8 Å². The maximum absolute atomic E-state index is 12.4. The Hall–Kier alpha value is -2.84. The van der Waals surface area contributed by atoms with E-state index >= 15 is 0 Å². The van der Waals surface area contributed by atoms with Crippen molar-refractivity contribution in [2.24, 2.45) is 0 Å². The fourth-order valence-electron chi connectivity index (χ4n) is 2.55. The molecular weight excluding hydrogens is 376 g/mol. The van der Waals surface area contributed by atoms with Crippen molar-refractivity contribution in [2.45, 2.75) is 13.8 Å². The van der Waals surface area contributed by atoms with Gasteiger partial charge in [-0.3, -0.25) is 25.0 Å². The molecule has 0 saturated heterocycles. The number of phenols is 1. The highest BCUT2D eigenvalue weighted by molar-refractivity contribution is 7.12. The lowest BCUT2D eigenvalue weighted by molar-refractivity contribution is 0.0844. The van der Waals surface area contributed by atoms with Gasteiger partial charge in [-0.15, -0.1) is 11.3 Å². The molecule has 2 amide bonds. The Bertz CT molecular complexity index is 982. The smallest absolute Gasteiger partial charge is 0.273 e. The Morgan fingerprint density at radius 1 is 1.15 bits per heavy atom. The van der Waals surface area contributed by atoms with Crippen molar-refractivity contribution in [2.75, 3.05) is 0 Å². The molecule has 7 nitrogen and oxygen atoms in total. The maximum atomic E-state index is 12.4. The molecule has 1 aromatic carbocycles. The number of hydrogen-bond donors (Lipinski definition) is 3. The number of aryl methyl sites for hydroxylation is 1. The molecule has 9 heteroatoms. The number of benzene rings is 1. The van der Waals surface area contributed by atoms with E-state index in [0.29, 0.717) is 16.3 Å². The fourth-order valence-corrected chi connectivity index (χ4v) is 3.48. The monoisotopic (exact) mass is 390 g/mol. The zero-order valence-corrected chi connectivity index (χ0v) is 15.5. The molecule has 0 radical (unpaired) electrons. The average molecular weight is 391 g/mol. The van der Waals surface area contributed by atoms with Crippen molar-refractivity contribution in [3.8, 4) is 10.9 Å². The number of aromatic nitrogens is 2. The van der Waals surface area contributed by atoms with Crippen LogP contribution in [0.5, 0.6) is 5.75 Å². The lowest BCUT2D eigenvalue weighted by Crippen LogP contribution is -2.41. The van der Waals surface area contributed by atoms with E-state index in [1.807, 2.05) is 16.9 Å². The van der Waals surface area contributed by atoms with Crippen LogP contribution >= 0.6 is 22.9 Å². The minimum absolute atomic E-state index is 0.0361. The van der Waals surface area contributed by atoms with E-state index in [2.05, 4.69) is 15.8 Å². The number of nitrogens with one attached hydrogen (secondary N) is 2. The van der Waals surface area contributed by atoms with Gasteiger partial charge in [0.05, 0.1) is 11.1 Å². The van der Waals surface area contributed by atoms with Gasteiger partial charge in [0.2, 0.25) is 0 Å². The van der Waals surface area contributed by atoms with Gasteiger partial charge in [-0.05, 0) is 38.1 Å². The van der Waals surface area contributed by atoms with Crippen molar-refractivity contribution in [1.82, 2.24) is 20.4 Å². The van der Waals surface area contributed by atoms with Gasteiger partial charge in [-0.25, -0.2) is 4.98 Å². The van der Waals surface area contributed by atoms with Crippen molar-refractivity contribution in [1.29, 1.82) is 0 Å². The van der Waals surface area contributed by atoms with Crippen molar-refractivity contribution in [3.63, 3.8) is 0 Å². The van der Waals surface area contributed by atoms with Gasteiger partial charge in [-0.2, -0.15) is 0 Å². The van der Waals surface area contributed by atoms with Crippen LogP contribution in [0.3, 0.4) is 0 Å². The zero-order chi connectivity index (χ0) is 18.8. The molecule has 26 heavy (non-hydrogen) atoms. The molecule has 0 aliphatic rings. The van der Waals surface area contributed by atoms with Gasteiger partial charge in [0.25, 0.3) is 11.8 Å². The van der Waals surface area contributed by atoms with Crippen LogP contribution in [0.1, 0.15) is 32.1 Å². The molecule has 0 spiro atoms. The molecule has 2 aromatic heterocycles. The van der Waals surface area contributed by atoms with E-state index in [1.54, 1.807) is 19.2 Å². The summed E-state index contributed by atoms with van der Waals surface area (Å²) in [7, 11) is 0. The average Bonchev–Trinajstić information content (AvgIpc) is 3.22. The first-order chi connectivity index (χ1) is 12.4. The highest BCUT2D eigenvalue weighted by Crippen LogP contribution is 2.23. The zero-order valence-electron chi connectivity index (χ0n) is 13.9. The normalized spacial score (nSPS) is 10.6. The topological polar surface area (TPSA) is 96.3 Å². The molecule has 0 aliphatic heterocycles. The number of hydrazine groups is 1. The van der Waals surface area contributed by atoms with Gasteiger partial charge in [0, 0.05) is 28.0 Å². The molecule has 0 saturated carbocycles. The predicted octanol–water partition coefficient (Wildman–Crippen LogP) is 2.98. The minimum Gasteiger partial charge on any atom is -0.507 e. The summed E-state index contributed by atoms with van der Waals surface area (Å²) in [6.07, 6.45) is 1.69. The summed E-state index contributed by atoms with van der Waals surface area (Å²) < 4.78 is 1.87. The summed E-state index contributed by atoms with van der Waals surface area (Å²) in [5.74, 6) is -1.38. The number of aromatic hydroxyl groups is 1. The molecule has 134 valence electrons. The predicted molar refractivity (Wildman–Crippen MR) is 99.0 cm³/mol. The standard InChI is InChI=1S/C17H15ClN4O3S/c1-9-7-12(10(2)22(9)17-19-5-6-26-17)15(24)20-21-16(25)13-8-11(18)3-4-14(13)23/h3-8,23H,1-2H3,(H,20,24)(H,21,25). The molecule has 0 fully saturated rings. The molecule has 2 heterocycles. The number of halogens is 1. The van der Waals surface area contributed by atoms with Crippen LogP contribution in [0.15, 0.2) is 35.8 Å². The van der Waals surface area contributed by atoms with Crippen molar-refractivity contribution >= 4 is 34.8 Å². The van der Waals surface area contributed by atoms with Crippen LogP contribution in [-0.4, -0.2) is 26.5 Å². The van der Waals surface area contributed by atoms with Crippen LogP contribution in [0.25, 0.3) is 5.13 Å². The molecular formula is C17H15ClN4O3S. The number of hydrogen-bond acceptors (Lipinski definition) is 5. The summed E-state index contributed by atoms with van der Waals surface area (Å²) in [4.78, 5) is 28.8. The third kappa shape index (κ3) is 3.42. The lowest BCUT2D eigenvalue weighted by Gasteiger charge is -2.09. The van der Waals surface area contributed by atoms with E-state index in [0.717, 1.165) is 10.8 Å². The summed E-state index contributed by atoms with van der Waals surface area (Å²) in [5.41, 5.74) is 6.55. The van der Waals surface area contributed by atoms with Gasteiger partial charge in [0.1, 0.15) is 5.75 Å². The highest BCUT2D eigenvalue weighted by atomic mass is 35.5. The van der Waals surface area contributed by atoms with Crippen molar-refractivity contribution in [3.05, 3.63) is 63.4 Å². The second-order valence-corrected chi connectivity index (χ2v) is 6.81. The van der Waals surface area contributed by atoms with E-state index in [1.165, 1.54) is 29.5 Å². The third-order valence-electron chi connectivity index (χ3n) is 3.78. The quantitative estimate of drug-likeness (QED) is 0.599. The SMILES string of the molecule is Cc1cc(C(=O)NNC(=O)c2cc(Cl)ccc2O)c(C)n1-c1nccs1. The first-order valence-corrected chi connectivity index (χ1v) is 8.82. The third-order valence-corrected chi connectivity index (χ3v) is 4.77.